The van der Waals surface area contributed by atoms with Gasteiger partial charge in [-0.25, -0.2) is 9.78 Å². The Hall–Kier alpha value is -1.52. The van der Waals surface area contributed by atoms with E-state index >= 15 is 0 Å². The molecule has 3 rings (SSSR count). The van der Waals surface area contributed by atoms with Crippen molar-refractivity contribution >= 4 is 17.4 Å². The maximum Gasteiger partial charge on any atom is 0.410 e. The van der Waals surface area contributed by atoms with Crippen molar-refractivity contribution in [3.8, 4) is 0 Å². The van der Waals surface area contributed by atoms with Crippen LogP contribution in [0.2, 0.25) is 0 Å². The van der Waals surface area contributed by atoms with Gasteiger partial charge >= 0.3 is 6.09 Å². The molecule has 1 fully saturated rings. The van der Waals surface area contributed by atoms with E-state index in [0.29, 0.717) is 26.3 Å². The van der Waals surface area contributed by atoms with Gasteiger partial charge in [-0.2, -0.15) is 5.48 Å². The zero-order valence-corrected chi connectivity index (χ0v) is 18.3. The highest BCUT2D eigenvalue weighted by Gasteiger charge is 2.34. The van der Waals surface area contributed by atoms with E-state index < -0.39 is 5.60 Å². The molecule has 0 bridgehead atoms. The number of hydroxylamine groups is 1. The summed E-state index contributed by atoms with van der Waals surface area (Å²) in [5, 5.41) is 0.866. The van der Waals surface area contributed by atoms with Crippen LogP contribution in [0.3, 0.4) is 0 Å². The first-order valence-electron chi connectivity index (χ1n) is 10.0. The summed E-state index contributed by atoms with van der Waals surface area (Å²) in [6, 6.07) is -0.191. The number of rotatable bonds is 7. The van der Waals surface area contributed by atoms with Crippen LogP contribution in [0, 0.1) is 0 Å². The van der Waals surface area contributed by atoms with Gasteiger partial charge in [-0.1, -0.05) is 6.08 Å². The number of nitrogens with one attached hydrogen (secondary N) is 1. The van der Waals surface area contributed by atoms with Crippen molar-refractivity contribution in [3.05, 3.63) is 28.2 Å². The van der Waals surface area contributed by atoms with Crippen molar-refractivity contribution in [2.24, 2.45) is 0 Å². The fraction of sp³-hybridized carbons (Fsp3) is 0.700. The van der Waals surface area contributed by atoms with Crippen LogP contribution >= 0.6 is 11.3 Å². The molecule has 2 atom stereocenters. The van der Waals surface area contributed by atoms with Gasteiger partial charge in [0.1, 0.15) is 17.2 Å². The van der Waals surface area contributed by atoms with Gasteiger partial charge in [-0.05, 0) is 40.0 Å². The van der Waals surface area contributed by atoms with Crippen molar-refractivity contribution < 1.29 is 23.8 Å². The third-order valence-electron chi connectivity index (χ3n) is 4.44. The maximum atomic E-state index is 12.6. The van der Waals surface area contributed by atoms with Crippen molar-refractivity contribution in [1.82, 2.24) is 15.4 Å². The van der Waals surface area contributed by atoms with E-state index in [1.807, 2.05) is 20.8 Å². The second-order valence-electron chi connectivity index (χ2n) is 8.16. The van der Waals surface area contributed by atoms with E-state index in [1.54, 1.807) is 22.3 Å². The second kappa shape index (κ2) is 9.99. The largest absolute Gasteiger partial charge is 0.444 e. The zero-order valence-electron chi connectivity index (χ0n) is 17.4. The molecule has 1 aromatic rings. The molecular formula is C20H31N3O5S. The van der Waals surface area contributed by atoms with Crippen molar-refractivity contribution in [3.63, 3.8) is 0 Å². The van der Waals surface area contributed by atoms with Gasteiger partial charge in [-0.3, -0.25) is 4.84 Å². The zero-order chi connectivity index (χ0) is 20.9. The molecule has 1 aromatic heterocycles. The molecule has 2 unspecified atom stereocenters. The molecule has 162 valence electrons. The number of hydrogen-bond donors (Lipinski definition) is 1. The van der Waals surface area contributed by atoms with E-state index in [-0.39, 0.29) is 18.4 Å². The number of amides is 1. The SMILES string of the molecule is C=CCONC1CN(C(=O)OC(C)(C)C)Cc2nc(COC3CCCCO3)sc21. The monoisotopic (exact) mass is 425 g/mol. The fourth-order valence-corrected chi connectivity index (χ4v) is 4.21. The summed E-state index contributed by atoms with van der Waals surface area (Å²) < 4.78 is 17.0. The molecule has 1 saturated heterocycles. The number of ether oxygens (including phenoxy) is 3. The molecule has 0 saturated carbocycles. The second-order valence-corrected chi connectivity index (χ2v) is 9.27. The van der Waals surface area contributed by atoms with Crippen molar-refractivity contribution in [1.29, 1.82) is 0 Å². The van der Waals surface area contributed by atoms with Crippen LogP contribution in [0.5, 0.6) is 0 Å². The van der Waals surface area contributed by atoms with Crippen molar-refractivity contribution in [2.75, 3.05) is 19.8 Å². The highest BCUT2D eigenvalue weighted by atomic mass is 32.1. The summed E-state index contributed by atoms with van der Waals surface area (Å²) >= 11 is 1.58. The average Bonchev–Trinajstić information content (AvgIpc) is 3.09. The molecule has 0 radical (unpaired) electrons. The van der Waals surface area contributed by atoms with Crippen LogP contribution in [0.4, 0.5) is 4.79 Å². The van der Waals surface area contributed by atoms with E-state index in [9.17, 15) is 4.79 Å². The molecule has 0 spiro atoms. The molecule has 1 amide bonds. The van der Waals surface area contributed by atoms with E-state index in [4.69, 9.17) is 24.0 Å². The molecule has 9 heteroatoms. The molecule has 0 aromatic carbocycles. The average molecular weight is 426 g/mol. The first kappa shape index (κ1) is 22.2. The van der Waals surface area contributed by atoms with Gasteiger partial charge in [0.25, 0.3) is 0 Å². The highest BCUT2D eigenvalue weighted by Crippen LogP contribution is 2.33. The molecule has 2 aliphatic heterocycles. The van der Waals surface area contributed by atoms with Crippen LogP contribution < -0.4 is 5.48 Å². The number of carbonyl (C=O) groups is 1. The third-order valence-corrected chi connectivity index (χ3v) is 5.63. The van der Waals surface area contributed by atoms with Crippen molar-refractivity contribution in [2.45, 2.75) is 71.1 Å². The lowest BCUT2D eigenvalue weighted by atomic mass is 10.1. The lowest BCUT2D eigenvalue weighted by molar-refractivity contribution is -0.168. The summed E-state index contributed by atoms with van der Waals surface area (Å²) in [4.78, 5) is 25.5. The van der Waals surface area contributed by atoms with Crippen LogP contribution in [0.25, 0.3) is 0 Å². The number of carbonyl (C=O) groups excluding carboxylic acids is 1. The van der Waals surface area contributed by atoms with Gasteiger partial charge in [0, 0.05) is 13.2 Å². The number of hydrogen-bond acceptors (Lipinski definition) is 8. The highest BCUT2D eigenvalue weighted by molar-refractivity contribution is 7.11. The van der Waals surface area contributed by atoms with E-state index in [2.05, 4.69) is 12.1 Å². The number of nitrogens with zero attached hydrogens (tertiary/aromatic N) is 2. The van der Waals surface area contributed by atoms with E-state index in [0.717, 1.165) is 41.4 Å². The molecule has 29 heavy (non-hydrogen) atoms. The van der Waals surface area contributed by atoms with Crippen LogP contribution in [-0.2, 0) is 32.2 Å². The predicted molar refractivity (Wildman–Crippen MR) is 109 cm³/mol. The first-order valence-corrected chi connectivity index (χ1v) is 10.8. The van der Waals surface area contributed by atoms with Gasteiger partial charge < -0.3 is 19.1 Å². The molecule has 8 nitrogen and oxygen atoms in total. The Morgan fingerprint density at radius 2 is 2.28 bits per heavy atom. The number of fused-ring (bicyclic) bond motifs is 1. The summed E-state index contributed by atoms with van der Waals surface area (Å²) in [6.07, 6.45) is 4.27. The minimum Gasteiger partial charge on any atom is -0.444 e. The Labute approximate surface area is 176 Å². The van der Waals surface area contributed by atoms with Crippen LogP contribution in [0.1, 0.15) is 61.7 Å². The molecule has 0 aliphatic carbocycles. The molecular weight excluding hydrogens is 394 g/mol. The summed E-state index contributed by atoms with van der Waals surface area (Å²) in [5.74, 6) is 0. The summed E-state index contributed by atoms with van der Waals surface area (Å²) in [7, 11) is 0. The van der Waals surface area contributed by atoms with Gasteiger partial charge in [0.2, 0.25) is 0 Å². The third kappa shape index (κ3) is 6.48. The minimum atomic E-state index is -0.555. The van der Waals surface area contributed by atoms with E-state index in [1.165, 1.54) is 0 Å². The summed E-state index contributed by atoms with van der Waals surface area (Å²) in [6.45, 7) is 11.6. The lowest BCUT2D eigenvalue weighted by Gasteiger charge is -2.33. The molecule has 2 aliphatic rings. The van der Waals surface area contributed by atoms with Crippen LogP contribution in [-0.4, -0.2) is 47.6 Å². The maximum absolute atomic E-state index is 12.6. The van der Waals surface area contributed by atoms with Gasteiger partial charge in [-0.15, -0.1) is 17.9 Å². The molecule has 1 N–H and O–H groups in total. The van der Waals surface area contributed by atoms with Gasteiger partial charge in [0.15, 0.2) is 6.29 Å². The first-order chi connectivity index (χ1) is 13.9. The Bertz CT molecular complexity index is 697. The topological polar surface area (TPSA) is 82.2 Å². The fourth-order valence-electron chi connectivity index (χ4n) is 3.18. The quantitative estimate of drug-likeness (QED) is 0.405. The minimum absolute atomic E-state index is 0.159. The Morgan fingerprint density at radius 1 is 1.45 bits per heavy atom. The Balaban J connectivity index is 1.69. The van der Waals surface area contributed by atoms with Gasteiger partial charge in [0.05, 0.1) is 29.8 Å². The van der Waals surface area contributed by atoms with Crippen LogP contribution in [0.15, 0.2) is 12.7 Å². The number of aromatic nitrogens is 1. The normalized spacial score (nSPS) is 22.2. The summed E-state index contributed by atoms with van der Waals surface area (Å²) in [5.41, 5.74) is 3.32. The predicted octanol–water partition coefficient (Wildman–Crippen LogP) is 3.69. The number of thiazole rings is 1. The Kier molecular flexibility index (Phi) is 7.64. The molecule has 3 heterocycles. The standard InChI is InChI=1S/C20H31N3O5S/c1-5-9-27-22-15-12-23(19(24)28-20(2,3)4)11-14-18(15)29-16(21-14)13-26-17-8-6-7-10-25-17/h5,15,17,22H,1,6-13H2,2-4H3. The Morgan fingerprint density at radius 3 is 2.97 bits per heavy atom. The smallest absolute Gasteiger partial charge is 0.410 e. The lowest BCUT2D eigenvalue weighted by Crippen LogP contribution is -2.44.